The van der Waals surface area contributed by atoms with E-state index in [-0.39, 0.29) is 0 Å². The van der Waals surface area contributed by atoms with Gasteiger partial charge >= 0.3 is 0 Å². The van der Waals surface area contributed by atoms with Crippen LogP contribution in [0.5, 0.6) is 11.5 Å². The van der Waals surface area contributed by atoms with Crippen molar-refractivity contribution in [3.8, 4) is 22.6 Å². The first kappa shape index (κ1) is 64.8. The minimum atomic E-state index is 0.623. The van der Waals surface area contributed by atoms with Crippen LogP contribution in [0.25, 0.3) is 22.3 Å². The molecule has 11 rings (SSSR count). The first-order chi connectivity index (χ1) is 45.0. The number of nitrogens with zero attached hydrogens (tertiary/aromatic N) is 6. The van der Waals surface area contributed by atoms with Crippen molar-refractivity contribution in [1.29, 1.82) is 0 Å². The molecular formula is C82H98N8O2+4. The Balaban J connectivity index is 0.839. The fraction of sp³-hybridized carbons (Fsp3) is 0.366. The summed E-state index contributed by atoms with van der Waals surface area (Å²) < 4.78 is 17.8. The molecule has 92 heavy (non-hydrogen) atoms. The lowest BCUT2D eigenvalue weighted by molar-refractivity contribution is -0.697. The molecule has 0 saturated carbocycles. The van der Waals surface area contributed by atoms with Crippen molar-refractivity contribution in [2.75, 3.05) is 26.3 Å². The third-order valence-corrected chi connectivity index (χ3v) is 19.1. The average molecular weight is 1230 g/mol. The Bertz CT molecular complexity index is 3990. The van der Waals surface area contributed by atoms with E-state index < -0.39 is 0 Å². The molecule has 9 heterocycles. The zero-order chi connectivity index (χ0) is 64.1. The lowest BCUT2D eigenvalue weighted by Gasteiger charge is -2.22. The van der Waals surface area contributed by atoms with Gasteiger partial charge in [0.1, 0.15) is 30.2 Å². The summed E-state index contributed by atoms with van der Waals surface area (Å²) >= 11 is 0. The Hall–Kier alpha value is -8.76. The van der Waals surface area contributed by atoms with Gasteiger partial charge in [-0.1, -0.05) is 85.1 Å². The van der Waals surface area contributed by atoms with Gasteiger partial charge in [0.2, 0.25) is 22.8 Å². The molecule has 0 aliphatic carbocycles. The smallest absolute Gasteiger partial charge is 0.222 e. The third kappa shape index (κ3) is 14.6. The maximum absolute atomic E-state index is 6.64. The van der Waals surface area contributed by atoms with Crippen LogP contribution in [0.2, 0.25) is 0 Å². The number of aliphatic imine (C=N–C) groups is 2. The summed E-state index contributed by atoms with van der Waals surface area (Å²) in [4.78, 5) is 24.1. The van der Waals surface area contributed by atoms with Gasteiger partial charge in [-0.15, -0.1) is 0 Å². The van der Waals surface area contributed by atoms with E-state index in [1.165, 1.54) is 105 Å². The van der Waals surface area contributed by atoms with Crippen LogP contribution in [0.3, 0.4) is 0 Å². The second-order valence-electron chi connectivity index (χ2n) is 25.3. The molecule has 0 fully saturated rings. The molecule has 2 aromatic heterocycles. The Morgan fingerprint density at radius 1 is 0.467 bits per heavy atom. The number of aryl methyl sites for hydroxylation is 2. The standard InChI is InChI=1S/C82H96N8O2/c1-11-17-19-39-87-43-31-61(32-44-87)63-35-47-89(48-36-63)41-21-23-51-91-67-29-25-27-65(53-67)77-79-57(7)69(13-3)73(83-79)55-75-71(15-5)59(9)81(85-75)78(82-60(10)72(16-6)76(86-82)56-74-70(14-4)58(8)80(77)84-74)66-28-26-30-68(54-66)92-52-24-22-42-90-49-37-64(38-50-90)62-33-45-88(46-34-62)40-20-18-12-2/h25-38,43-50,53-56H,11-24,39-42,51-52H2,1-10H3/q+2/p+2. The first-order valence-electron chi connectivity index (χ1n) is 34.6. The number of fused-ring (bicyclic) bond motifs is 4. The van der Waals surface area contributed by atoms with Crippen molar-refractivity contribution in [2.24, 2.45) is 9.98 Å². The zero-order valence-corrected chi connectivity index (χ0v) is 56.7. The predicted molar refractivity (Wildman–Crippen MR) is 379 cm³/mol. The summed E-state index contributed by atoms with van der Waals surface area (Å²) in [7, 11) is 0. The summed E-state index contributed by atoms with van der Waals surface area (Å²) in [5.41, 5.74) is 27.5. The van der Waals surface area contributed by atoms with E-state index in [0.29, 0.717) is 13.2 Å². The van der Waals surface area contributed by atoms with Crippen LogP contribution in [0.15, 0.2) is 247 Å². The van der Waals surface area contributed by atoms with Gasteiger partial charge in [-0.25, -0.2) is 29.1 Å². The molecule has 0 atom stereocenters. The molecule has 10 heteroatoms. The van der Waals surface area contributed by atoms with Crippen molar-refractivity contribution >= 4 is 34.0 Å². The molecule has 0 saturated heterocycles. The summed E-state index contributed by atoms with van der Waals surface area (Å²) in [5, 5.41) is 0. The fourth-order valence-corrected chi connectivity index (χ4v) is 13.8. The van der Waals surface area contributed by atoms with Crippen molar-refractivity contribution < 1.29 is 28.6 Å². The molecule has 0 radical (unpaired) electrons. The van der Waals surface area contributed by atoms with Gasteiger partial charge in [-0.2, -0.15) is 0 Å². The van der Waals surface area contributed by atoms with Crippen LogP contribution in [0.4, 0.5) is 0 Å². The van der Waals surface area contributed by atoms with E-state index in [4.69, 9.17) is 19.5 Å². The monoisotopic (exact) mass is 1230 g/mol. The molecule has 474 valence electrons. The van der Waals surface area contributed by atoms with Crippen LogP contribution in [0, 0.1) is 0 Å². The minimum Gasteiger partial charge on any atom is -0.494 e. The molecule has 0 amide bonds. The quantitative estimate of drug-likeness (QED) is 0.0460. The molecule has 0 unspecified atom stereocenters. The number of rotatable bonds is 27. The summed E-state index contributed by atoms with van der Waals surface area (Å²) in [6, 6.07) is 26.3. The molecule has 7 aliphatic heterocycles. The third-order valence-electron chi connectivity index (χ3n) is 19.1. The van der Waals surface area contributed by atoms with Crippen molar-refractivity contribution in [3.05, 3.63) is 248 Å². The highest BCUT2D eigenvalue weighted by Gasteiger charge is 2.40. The molecule has 10 nitrogen and oxygen atoms in total. The normalized spacial score (nSPS) is 17.1. The Kier molecular flexibility index (Phi) is 21.5. The molecule has 4 aromatic rings. The van der Waals surface area contributed by atoms with Gasteiger partial charge < -0.3 is 19.3 Å². The maximum Gasteiger partial charge on any atom is 0.222 e. The van der Waals surface area contributed by atoms with Gasteiger partial charge in [-0.05, 0) is 190 Å². The summed E-state index contributed by atoms with van der Waals surface area (Å²) in [6.07, 6.45) is 46.0. The van der Waals surface area contributed by atoms with Crippen LogP contribution >= 0.6 is 0 Å². The molecule has 7 aliphatic rings. The van der Waals surface area contributed by atoms with Gasteiger partial charge in [0.15, 0.2) is 24.8 Å². The fourth-order valence-electron chi connectivity index (χ4n) is 13.8. The minimum absolute atomic E-state index is 0.623. The van der Waals surface area contributed by atoms with Crippen molar-refractivity contribution in [1.82, 2.24) is 9.80 Å². The Morgan fingerprint density at radius 3 is 1.54 bits per heavy atom. The number of ether oxygens (including phenoxy) is 2. The van der Waals surface area contributed by atoms with E-state index in [1.807, 2.05) is 0 Å². The summed E-state index contributed by atoms with van der Waals surface area (Å²) in [5.74, 6) is 1.72. The highest BCUT2D eigenvalue weighted by molar-refractivity contribution is 6.36. The predicted octanol–water partition coefficient (Wildman–Crippen LogP) is 15.1. The lowest BCUT2D eigenvalue weighted by Crippen LogP contribution is -2.72. The Morgan fingerprint density at radius 2 is 0.989 bits per heavy atom. The SMILES string of the molecule is CCCCCN1C=CC(=C2C=CN(CCCCOc3cccc(C4=C5N=C(C=C6[NH+]=C(C(C)=C6CC)C(c6cccc(OCCCC[n+]7ccc(-c8cc[n+](CCCCC)cc8)cc7)c6)=C6[NH+]=C(C=C7N=C4C(C)=C7CC)C(CC)=C6C)C(CC)=C5C)c3)C=C2)C=C1. The zero-order valence-electron chi connectivity index (χ0n) is 56.7. The highest BCUT2D eigenvalue weighted by Crippen LogP contribution is 2.42. The Labute approximate surface area is 549 Å². The number of pyridine rings is 2. The van der Waals surface area contributed by atoms with Gasteiger partial charge in [0, 0.05) is 115 Å². The van der Waals surface area contributed by atoms with E-state index in [1.54, 1.807) is 0 Å². The number of allylic oxidation sites excluding steroid dienone is 18. The lowest BCUT2D eigenvalue weighted by atomic mass is 9.89. The molecule has 2 N–H and O–H groups in total. The number of nitrogens with one attached hydrogen (secondary N) is 2. The second-order valence-corrected chi connectivity index (χ2v) is 25.3. The van der Waals surface area contributed by atoms with Gasteiger partial charge in [0.05, 0.1) is 36.0 Å². The first-order valence-corrected chi connectivity index (χ1v) is 34.6. The maximum atomic E-state index is 6.64. The number of hydrogen-bond acceptors (Lipinski definition) is 6. The van der Waals surface area contributed by atoms with Crippen LogP contribution in [-0.4, -0.2) is 58.9 Å². The second kappa shape index (κ2) is 30.6. The average Bonchev–Trinajstić information content (AvgIpc) is 1.61. The van der Waals surface area contributed by atoms with E-state index >= 15 is 0 Å². The van der Waals surface area contributed by atoms with Gasteiger partial charge in [-0.3, -0.25) is 0 Å². The van der Waals surface area contributed by atoms with Crippen LogP contribution in [-0.2, 0) is 13.1 Å². The van der Waals surface area contributed by atoms with Crippen molar-refractivity contribution in [3.63, 3.8) is 0 Å². The largest absolute Gasteiger partial charge is 0.494 e. The summed E-state index contributed by atoms with van der Waals surface area (Å²) in [6.45, 7) is 27.9. The number of hydrogen-bond donors (Lipinski definition) is 2. The van der Waals surface area contributed by atoms with Crippen molar-refractivity contribution in [2.45, 2.75) is 172 Å². The van der Waals surface area contributed by atoms with E-state index in [2.05, 4.69) is 257 Å². The van der Waals surface area contributed by atoms with Crippen LogP contribution < -0.4 is 28.6 Å². The molecule has 2 aromatic carbocycles. The van der Waals surface area contributed by atoms with Gasteiger partial charge in [0.25, 0.3) is 0 Å². The number of benzene rings is 2. The van der Waals surface area contributed by atoms with E-state index in [0.717, 1.165) is 157 Å². The highest BCUT2D eigenvalue weighted by atomic mass is 16.5. The molecular weight excluding hydrogens is 1130 g/mol. The number of unbranched alkanes of at least 4 members (excludes halogenated alkanes) is 6. The van der Waals surface area contributed by atoms with Crippen LogP contribution in [0.1, 0.15) is 170 Å². The molecule has 8 bridgehead atoms. The molecule has 0 spiro atoms. The topological polar surface area (TPSA) is 85.4 Å². The van der Waals surface area contributed by atoms with E-state index in [9.17, 15) is 0 Å². The number of aromatic nitrogens is 2.